The quantitative estimate of drug-likeness (QED) is 0.726. The van der Waals surface area contributed by atoms with Gasteiger partial charge in [-0.15, -0.1) is 0 Å². The molecule has 0 unspecified atom stereocenters. The Bertz CT molecular complexity index is 775. The molecular formula is C19H21Cl2N3O2. The van der Waals surface area contributed by atoms with Gasteiger partial charge in [0.25, 0.3) is 5.91 Å². The first kappa shape index (κ1) is 20.1. The summed E-state index contributed by atoms with van der Waals surface area (Å²) in [5.41, 5.74) is 1.87. The Balaban J connectivity index is 1.91. The van der Waals surface area contributed by atoms with Gasteiger partial charge in [-0.25, -0.2) is 0 Å². The lowest BCUT2D eigenvalue weighted by Crippen LogP contribution is -2.30. The summed E-state index contributed by atoms with van der Waals surface area (Å²) in [5.74, 6) is -0.241. The maximum atomic E-state index is 12.3. The second kappa shape index (κ2) is 9.46. The van der Waals surface area contributed by atoms with Gasteiger partial charge in [0, 0.05) is 29.4 Å². The van der Waals surface area contributed by atoms with Crippen molar-refractivity contribution in [2.75, 3.05) is 30.3 Å². The van der Waals surface area contributed by atoms with E-state index in [-0.39, 0.29) is 18.4 Å². The van der Waals surface area contributed by atoms with Crippen molar-refractivity contribution in [3.05, 3.63) is 58.1 Å². The van der Waals surface area contributed by atoms with Crippen LogP contribution in [0.25, 0.3) is 0 Å². The van der Waals surface area contributed by atoms with Crippen molar-refractivity contribution in [2.45, 2.75) is 13.8 Å². The molecule has 0 aliphatic rings. The van der Waals surface area contributed by atoms with Gasteiger partial charge in [-0.3, -0.25) is 9.59 Å². The predicted molar refractivity (Wildman–Crippen MR) is 107 cm³/mol. The van der Waals surface area contributed by atoms with Crippen LogP contribution >= 0.6 is 23.2 Å². The molecule has 7 heteroatoms. The summed E-state index contributed by atoms with van der Waals surface area (Å²) in [6.45, 7) is 5.31. The third kappa shape index (κ3) is 5.38. The molecule has 2 N–H and O–H groups in total. The number of carbonyl (C=O) groups excluding carboxylic acids is 2. The molecule has 5 nitrogen and oxygen atoms in total. The molecule has 0 heterocycles. The van der Waals surface area contributed by atoms with Crippen LogP contribution in [0.15, 0.2) is 42.5 Å². The van der Waals surface area contributed by atoms with Crippen LogP contribution in [0.4, 0.5) is 11.4 Å². The van der Waals surface area contributed by atoms with Gasteiger partial charge >= 0.3 is 0 Å². The third-order valence-corrected chi connectivity index (χ3v) is 4.39. The lowest BCUT2D eigenvalue weighted by molar-refractivity contribution is -0.114. The Morgan fingerprint density at radius 3 is 2.23 bits per heavy atom. The van der Waals surface area contributed by atoms with E-state index in [1.165, 1.54) is 0 Å². The van der Waals surface area contributed by atoms with Crippen molar-refractivity contribution in [3.63, 3.8) is 0 Å². The summed E-state index contributed by atoms with van der Waals surface area (Å²) in [6.07, 6.45) is 0. The van der Waals surface area contributed by atoms with Gasteiger partial charge in [0.05, 0.1) is 17.3 Å². The second-order valence-corrected chi connectivity index (χ2v) is 6.42. The van der Waals surface area contributed by atoms with E-state index in [0.717, 1.165) is 5.69 Å². The highest BCUT2D eigenvalue weighted by Gasteiger charge is 2.12. The van der Waals surface area contributed by atoms with E-state index >= 15 is 0 Å². The van der Waals surface area contributed by atoms with Gasteiger partial charge in [0.15, 0.2) is 0 Å². The number of rotatable bonds is 7. The average Bonchev–Trinajstić information content (AvgIpc) is 2.63. The van der Waals surface area contributed by atoms with Crippen molar-refractivity contribution >= 4 is 46.4 Å². The fourth-order valence-electron chi connectivity index (χ4n) is 2.39. The fraction of sp³-hybridized carbons (Fsp3) is 0.263. The number of benzene rings is 2. The van der Waals surface area contributed by atoms with E-state index in [2.05, 4.69) is 10.6 Å². The molecule has 2 aromatic carbocycles. The van der Waals surface area contributed by atoms with Gasteiger partial charge in [0.1, 0.15) is 0 Å². The Kier molecular flexibility index (Phi) is 7.30. The first-order chi connectivity index (χ1) is 12.4. The van der Waals surface area contributed by atoms with Crippen molar-refractivity contribution in [2.24, 2.45) is 0 Å². The highest BCUT2D eigenvalue weighted by Crippen LogP contribution is 2.25. The Hall–Kier alpha value is -2.24. The average molecular weight is 394 g/mol. The lowest BCUT2D eigenvalue weighted by Gasteiger charge is -2.18. The summed E-state index contributed by atoms with van der Waals surface area (Å²) < 4.78 is 0. The molecule has 0 fully saturated rings. The second-order valence-electron chi connectivity index (χ2n) is 5.58. The molecule has 0 atom stereocenters. The maximum Gasteiger partial charge on any atom is 0.253 e. The summed E-state index contributed by atoms with van der Waals surface area (Å²) in [7, 11) is 0. The largest absolute Gasteiger partial charge is 0.376 e. The molecule has 0 spiro atoms. The Morgan fingerprint density at radius 2 is 1.65 bits per heavy atom. The summed E-state index contributed by atoms with van der Waals surface area (Å²) in [4.78, 5) is 26.1. The van der Waals surface area contributed by atoms with Gasteiger partial charge in [-0.1, -0.05) is 23.2 Å². The normalized spacial score (nSPS) is 10.3. The number of nitrogens with one attached hydrogen (secondary N) is 2. The molecule has 0 radical (unpaired) electrons. The highest BCUT2D eigenvalue weighted by molar-refractivity contribution is 6.36. The van der Waals surface area contributed by atoms with Crippen molar-refractivity contribution in [3.8, 4) is 0 Å². The number of amides is 2. The van der Waals surface area contributed by atoms with Gasteiger partial charge < -0.3 is 15.5 Å². The summed E-state index contributed by atoms with van der Waals surface area (Å²) in [6, 6.07) is 11.9. The van der Waals surface area contributed by atoms with Crippen LogP contribution in [0.2, 0.25) is 10.0 Å². The van der Waals surface area contributed by atoms with Crippen LogP contribution in [0, 0.1) is 0 Å². The molecule has 0 aromatic heterocycles. The van der Waals surface area contributed by atoms with E-state index < -0.39 is 0 Å². The number of hydrogen-bond donors (Lipinski definition) is 2. The minimum Gasteiger partial charge on any atom is -0.376 e. The van der Waals surface area contributed by atoms with Crippen LogP contribution < -0.4 is 10.6 Å². The topological polar surface area (TPSA) is 61.4 Å². The van der Waals surface area contributed by atoms with E-state index in [1.54, 1.807) is 47.4 Å². The number of nitrogens with zero attached hydrogens (tertiary/aromatic N) is 1. The first-order valence-corrected chi connectivity index (χ1v) is 9.08. The van der Waals surface area contributed by atoms with Gasteiger partial charge in [-0.2, -0.15) is 0 Å². The lowest BCUT2D eigenvalue weighted by atomic mass is 10.2. The van der Waals surface area contributed by atoms with Crippen molar-refractivity contribution in [1.82, 2.24) is 4.90 Å². The molecular weight excluding hydrogens is 373 g/mol. The van der Waals surface area contributed by atoms with Crippen LogP contribution in [0.5, 0.6) is 0 Å². The predicted octanol–water partition coefficient (Wildman–Crippen LogP) is 4.53. The smallest absolute Gasteiger partial charge is 0.253 e. The number of anilines is 2. The van der Waals surface area contributed by atoms with E-state index in [1.807, 2.05) is 13.8 Å². The fourth-order valence-corrected chi connectivity index (χ4v) is 2.85. The van der Waals surface area contributed by atoms with E-state index in [9.17, 15) is 9.59 Å². The SMILES string of the molecule is CCN(CC)C(=O)c1ccc(NCC(=O)Nc2ccc(Cl)cc2Cl)cc1. The molecule has 0 bridgehead atoms. The molecule has 0 aliphatic heterocycles. The molecule has 2 aromatic rings. The molecule has 138 valence electrons. The zero-order chi connectivity index (χ0) is 19.1. The van der Waals surface area contributed by atoms with Crippen LogP contribution in [0.1, 0.15) is 24.2 Å². The molecule has 0 aliphatic carbocycles. The first-order valence-electron chi connectivity index (χ1n) is 8.32. The molecule has 2 amide bonds. The summed E-state index contributed by atoms with van der Waals surface area (Å²) >= 11 is 11.9. The van der Waals surface area contributed by atoms with Crippen LogP contribution in [-0.4, -0.2) is 36.3 Å². The standard InChI is InChI=1S/C19H21Cl2N3O2/c1-3-24(4-2)19(26)13-5-8-15(9-6-13)22-12-18(25)23-17-10-7-14(20)11-16(17)21/h5-11,22H,3-4,12H2,1-2H3,(H,23,25). The van der Waals surface area contributed by atoms with E-state index in [4.69, 9.17) is 23.2 Å². The molecule has 2 rings (SSSR count). The maximum absolute atomic E-state index is 12.3. The van der Waals surface area contributed by atoms with E-state index in [0.29, 0.717) is 34.4 Å². The Labute approximate surface area is 163 Å². The minimum atomic E-state index is -0.238. The Morgan fingerprint density at radius 1 is 1.00 bits per heavy atom. The number of hydrogen-bond acceptors (Lipinski definition) is 3. The third-order valence-electron chi connectivity index (χ3n) is 3.84. The zero-order valence-electron chi connectivity index (χ0n) is 14.7. The van der Waals surface area contributed by atoms with Crippen LogP contribution in [-0.2, 0) is 4.79 Å². The van der Waals surface area contributed by atoms with Crippen molar-refractivity contribution < 1.29 is 9.59 Å². The summed E-state index contributed by atoms with van der Waals surface area (Å²) in [5, 5.41) is 6.61. The number of carbonyl (C=O) groups is 2. The minimum absolute atomic E-state index is 0.00308. The molecule has 0 saturated heterocycles. The molecule has 0 saturated carbocycles. The van der Waals surface area contributed by atoms with Crippen molar-refractivity contribution in [1.29, 1.82) is 0 Å². The van der Waals surface area contributed by atoms with Crippen LogP contribution in [0.3, 0.4) is 0 Å². The zero-order valence-corrected chi connectivity index (χ0v) is 16.2. The van der Waals surface area contributed by atoms with Gasteiger partial charge in [-0.05, 0) is 56.3 Å². The molecule has 26 heavy (non-hydrogen) atoms. The number of halogens is 2. The monoisotopic (exact) mass is 393 g/mol. The highest BCUT2D eigenvalue weighted by atomic mass is 35.5. The van der Waals surface area contributed by atoms with Gasteiger partial charge in [0.2, 0.25) is 5.91 Å².